The second-order valence-corrected chi connectivity index (χ2v) is 7.99. The first-order valence-electron chi connectivity index (χ1n) is 9.79. The van der Waals surface area contributed by atoms with E-state index in [4.69, 9.17) is 5.73 Å². The van der Waals surface area contributed by atoms with Gasteiger partial charge in [0, 0.05) is 40.8 Å². The predicted octanol–water partition coefficient (Wildman–Crippen LogP) is 3.79. The second kappa shape index (κ2) is 6.49. The van der Waals surface area contributed by atoms with Crippen LogP contribution in [0.15, 0.2) is 24.5 Å². The molecule has 4 N–H and O–H groups in total. The minimum absolute atomic E-state index is 0.291. The van der Waals surface area contributed by atoms with Crippen molar-refractivity contribution in [3.8, 4) is 22.5 Å². The zero-order valence-corrected chi connectivity index (χ0v) is 16.0. The number of hydrogen-bond acceptors (Lipinski definition) is 4. The molecule has 1 saturated carbocycles. The number of aromatic carboxylic acids is 1. The van der Waals surface area contributed by atoms with Crippen LogP contribution in [-0.4, -0.2) is 26.0 Å². The molecule has 5 rings (SSSR count). The Balaban J connectivity index is 1.65. The van der Waals surface area contributed by atoms with E-state index >= 15 is 0 Å². The molecular weight excluding hydrogens is 371 g/mol. The highest BCUT2D eigenvalue weighted by Gasteiger charge is 2.36. The summed E-state index contributed by atoms with van der Waals surface area (Å²) in [6.45, 7) is 1.66. The number of halogens is 1. The van der Waals surface area contributed by atoms with Gasteiger partial charge >= 0.3 is 5.97 Å². The molecule has 7 heteroatoms. The lowest BCUT2D eigenvalue weighted by Crippen LogP contribution is -2.17. The fourth-order valence-corrected chi connectivity index (χ4v) is 4.26. The van der Waals surface area contributed by atoms with Crippen molar-refractivity contribution in [2.45, 2.75) is 38.6 Å². The first-order valence-corrected chi connectivity index (χ1v) is 9.79. The third-order valence-electron chi connectivity index (χ3n) is 6.02. The smallest absolute Gasteiger partial charge is 0.337 e. The molecule has 2 aliphatic carbocycles. The monoisotopic (exact) mass is 392 g/mol. The Morgan fingerprint density at radius 3 is 2.76 bits per heavy atom. The maximum Gasteiger partial charge on any atom is 0.337 e. The highest BCUT2D eigenvalue weighted by atomic mass is 19.1. The second-order valence-electron chi connectivity index (χ2n) is 7.99. The van der Waals surface area contributed by atoms with Crippen molar-refractivity contribution in [3.63, 3.8) is 0 Å². The molecule has 1 atom stereocenters. The van der Waals surface area contributed by atoms with Crippen molar-refractivity contribution in [2.75, 3.05) is 0 Å². The number of H-pyrrole nitrogens is 1. The molecular formula is C22H21FN4O2. The normalized spacial score (nSPS) is 16.2. The maximum atomic E-state index is 13.5. The van der Waals surface area contributed by atoms with Gasteiger partial charge in [0.15, 0.2) is 0 Å². The first kappa shape index (κ1) is 18.0. The molecule has 6 nitrogen and oxygen atoms in total. The highest BCUT2D eigenvalue weighted by molar-refractivity contribution is 5.95. The molecule has 0 aliphatic heterocycles. The Kier molecular flexibility index (Phi) is 4.03. The number of aromatic amines is 1. The van der Waals surface area contributed by atoms with Gasteiger partial charge in [0.05, 0.1) is 17.0 Å². The number of nitrogens with one attached hydrogen (secondary N) is 1. The topological polar surface area (TPSA) is 105 Å². The van der Waals surface area contributed by atoms with Crippen LogP contribution in [-0.2, 0) is 12.8 Å². The van der Waals surface area contributed by atoms with Crippen LogP contribution in [0, 0.1) is 18.8 Å². The molecule has 0 spiro atoms. The Hall–Kier alpha value is -3.06. The van der Waals surface area contributed by atoms with Gasteiger partial charge in [-0.1, -0.05) is 0 Å². The van der Waals surface area contributed by atoms with Gasteiger partial charge in [0.2, 0.25) is 5.95 Å². The SMILES string of the molecule is Cc1cc(-c2cc3c(cn2)CCc2c-3[nH]c(C(N)C3CC3)c2C(=O)O)cnc1F. The molecule has 148 valence electrons. The zero-order valence-electron chi connectivity index (χ0n) is 16.0. The van der Waals surface area contributed by atoms with Gasteiger partial charge in [-0.2, -0.15) is 4.39 Å². The van der Waals surface area contributed by atoms with Crippen molar-refractivity contribution in [1.29, 1.82) is 0 Å². The number of carboxylic acids is 1. The van der Waals surface area contributed by atoms with E-state index in [0.717, 1.165) is 40.8 Å². The van der Waals surface area contributed by atoms with E-state index in [-0.39, 0.29) is 6.04 Å². The number of rotatable bonds is 4. The van der Waals surface area contributed by atoms with Gasteiger partial charge in [0.1, 0.15) is 0 Å². The van der Waals surface area contributed by atoms with Crippen LogP contribution in [0.3, 0.4) is 0 Å². The molecule has 3 aromatic rings. The third kappa shape index (κ3) is 2.93. The summed E-state index contributed by atoms with van der Waals surface area (Å²) < 4.78 is 13.5. The summed E-state index contributed by atoms with van der Waals surface area (Å²) >= 11 is 0. The van der Waals surface area contributed by atoms with Crippen LogP contribution in [0.1, 0.15) is 51.6 Å². The molecule has 0 amide bonds. The minimum atomic E-state index is -0.940. The maximum absolute atomic E-state index is 13.5. The predicted molar refractivity (Wildman–Crippen MR) is 106 cm³/mol. The largest absolute Gasteiger partial charge is 0.478 e. The van der Waals surface area contributed by atoms with E-state index in [1.807, 2.05) is 12.3 Å². The summed E-state index contributed by atoms with van der Waals surface area (Å²) in [7, 11) is 0. The van der Waals surface area contributed by atoms with Gasteiger partial charge in [-0.05, 0) is 61.8 Å². The quantitative estimate of drug-likeness (QED) is 0.586. The number of carbonyl (C=O) groups is 1. The molecule has 0 saturated heterocycles. The van der Waals surface area contributed by atoms with Gasteiger partial charge < -0.3 is 15.8 Å². The standard InChI is InChI=1S/C22H21FN4O2/c1-10-6-13(9-26-21(10)23)16-7-15-12(8-25-16)4-5-14-17(22(28)29)20(27-19(14)15)18(24)11-2-3-11/h6-9,11,18,27H,2-5,24H2,1H3,(H,28,29). The summed E-state index contributed by atoms with van der Waals surface area (Å²) in [5.74, 6) is -1.10. The lowest BCUT2D eigenvalue weighted by atomic mass is 9.88. The first-order chi connectivity index (χ1) is 13.9. The molecule has 3 heterocycles. The number of nitrogens with two attached hydrogens (primary N) is 1. The van der Waals surface area contributed by atoms with E-state index in [1.165, 1.54) is 6.20 Å². The van der Waals surface area contributed by atoms with Crippen molar-refractivity contribution < 1.29 is 14.3 Å². The Labute approximate surface area is 167 Å². The van der Waals surface area contributed by atoms with E-state index in [9.17, 15) is 14.3 Å². The van der Waals surface area contributed by atoms with Gasteiger partial charge in [-0.25, -0.2) is 9.78 Å². The lowest BCUT2D eigenvalue weighted by molar-refractivity contribution is 0.0694. The van der Waals surface area contributed by atoms with Crippen molar-refractivity contribution >= 4 is 5.97 Å². The van der Waals surface area contributed by atoms with E-state index in [1.54, 1.807) is 13.0 Å². The molecule has 0 radical (unpaired) electrons. The number of pyridine rings is 2. The number of fused-ring (bicyclic) bond motifs is 3. The van der Waals surface area contributed by atoms with Crippen LogP contribution in [0.4, 0.5) is 4.39 Å². The van der Waals surface area contributed by atoms with Gasteiger partial charge in [0.25, 0.3) is 0 Å². The summed E-state index contributed by atoms with van der Waals surface area (Å²) in [5.41, 5.74) is 12.8. The average Bonchev–Trinajstić information content (AvgIpc) is 3.48. The summed E-state index contributed by atoms with van der Waals surface area (Å²) in [6, 6.07) is 3.35. The molecule has 2 aliphatic rings. The van der Waals surface area contributed by atoms with Crippen molar-refractivity contribution in [2.24, 2.45) is 11.7 Å². The number of aromatic nitrogens is 3. The fourth-order valence-electron chi connectivity index (χ4n) is 4.26. The molecule has 1 unspecified atom stereocenters. The van der Waals surface area contributed by atoms with Crippen LogP contribution < -0.4 is 5.73 Å². The van der Waals surface area contributed by atoms with Crippen LogP contribution in [0.2, 0.25) is 0 Å². The van der Waals surface area contributed by atoms with E-state index in [2.05, 4.69) is 15.0 Å². The Morgan fingerprint density at radius 1 is 1.28 bits per heavy atom. The minimum Gasteiger partial charge on any atom is -0.478 e. The fraction of sp³-hybridized carbons (Fsp3) is 0.318. The van der Waals surface area contributed by atoms with Crippen LogP contribution >= 0.6 is 0 Å². The molecule has 0 bridgehead atoms. The number of aryl methyl sites for hydroxylation is 2. The summed E-state index contributed by atoms with van der Waals surface area (Å²) in [4.78, 5) is 23.7. The Bertz CT molecular complexity index is 1150. The Morgan fingerprint density at radius 2 is 2.07 bits per heavy atom. The number of carboxylic acid groups (broad SMARTS) is 1. The molecule has 0 aromatic carbocycles. The van der Waals surface area contributed by atoms with Gasteiger partial charge in [-0.3, -0.25) is 4.98 Å². The van der Waals surface area contributed by atoms with E-state index in [0.29, 0.717) is 41.3 Å². The van der Waals surface area contributed by atoms with E-state index < -0.39 is 11.9 Å². The van der Waals surface area contributed by atoms with Crippen LogP contribution in [0.25, 0.3) is 22.5 Å². The third-order valence-corrected chi connectivity index (χ3v) is 6.02. The highest BCUT2D eigenvalue weighted by Crippen LogP contribution is 2.44. The summed E-state index contributed by atoms with van der Waals surface area (Å²) in [5, 5.41) is 9.87. The molecule has 1 fully saturated rings. The summed E-state index contributed by atoms with van der Waals surface area (Å²) in [6.07, 6.45) is 6.69. The number of hydrogen-bond donors (Lipinski definition) is 3. The molecule has 29 heavy (non-hydrogen) atoms. The van der Waals surface area contributed by atoms with Crippen molar-refractivity contribution in [3.05, 3.63) is 58.4 Å². The average molecular weight is 392 g/mol. The lowest BCUT2D eigenvalue weighted by Gasteiger charge is -2.17. The van der Waals surface area contributed by atoms with Gasteiger partial charge in [-0.15, -0.1) is 0 Å². The van der Waals surface area contributed by atoms with Crippen LogP contribution in [0.5, 0.6) is 0 Å². The number of nitrogens with zero attached hydrogens (tertiary/aromatic N) is 2. The van der Waals surface area contributed by atoms with Crippen molar-refractivity contribution in [1.82, 2.24) is 15.0 Å². The molecule has 3 aromatic heterocycles. The zero-order chi connectivity index (χ0) is 20.3.